The van der Waals surface area contributed by atoms with Crippen molar-refractivity contribution in [1.29, 1.82) is 0 Å². The van der Waals surface area contributed by atoms with E-state index in [9.17, 15) is 9.59 Å². The van der Waals surface area contributed by atoms with Crippen LogP contribution in [0.3, 0.4) is 0 Å². The number of amides is 1. The first-order valence-corrected chi connectivity index (χ1v) is 4.14. The summed E-state index contributed by atoms with van der Waals surface area (Å²) >= 11 is 0. The van der Waals surface area contributed by atoms with Crippen LogP contribution in [0, 0.1) is 0 Å². The van der Waals surface area contributed by atoms with Crippen LogP contribution in [0.1, 0.15) is 20.3 Å². The first-order chi connectivity index (χ1) is 6.06. The Hall–Kier alpha value is -1.32. The minimum absolute atomic E-state index is 0.101. The quantitative estimate of drug-likeness (QED) is 0.505. The van der Waals surface area contributed by atoms with Crippen molar-refractivity contribution in [2.45, 2.75) is 26.3 Å². The number of ether oxygens (including phenoxy) is 1. The lowest BCUT2D eigenvalue weighted by atomic mass is 10.3. The first kappa shape index (κ1) is 11.7. The average Bonchev–Trinajstić information content (AvgIpc) is 2.02. The second-order valence-corrected chi connectivity index (χ2v) is 2.84. The molecular formula is C9H15NO3. The SMILES string of the molecule is C=CC(=O)OCCC(=O)NC(C)C. The van der Waals surface area contributed by atoms with Crippen molar-refractivity contribution < 1.29 is 14.3 Å². The van der Waals surface area contributed by atoms with Crippen molar-refractivity contribution >= 4 is 11.9 Å². The van der Waals surface area contributed by atoms with Crippen LogP contribution in [0.4, 0.5) is 0 Å². The van der Waals surface area contributed by atoms with Crippen LogP contribution in [-0.2, 0) is 14.3 Å². The second kappa shape index (κ2) is 6.22. The van der Waals surface area contributed by atoms with Gasteiger partial charge >= 0.3 is 5.97 Å². The van der Waals surface area contributed by atoms with E-state index in [2.05, 4.69) is 16.6 Å². The summed E-state index contributed by atoms with van der Waals surface area (Å²) in [4.78, 5) is 21.5. The Labute approximate surface area is 78.0 Å². The standard InChI is InChI=1S/C9H15NO3/c1-4-9(12)13-6-5-8(11)10-7(2)3/h4,7H,1,5-6H2,2-3H3,(H,10,11). The van der Waals surface area contributed by atoms with Crippen LogP contribution in [-0.4, -0.2) is 24.5 Å². The number of rotatable bonds is 5. The van der Waals surface area contributed by atoms with Crippen LogP contribution in [0.5, 0.6) is 0 Å². The molecule has 0 aliphatic carbocycles. The van der Waals surface area contributed by atoms with E-state index in [-0.39, 0.29) is 25.0 Å². The first-order valence-electron chi connectivity index (χ1n) is 4.14. The van der Waals surface area contributed by atoms with Gasteiger partial charge in [-0.25, -0.2) is 4.79 Å². The molecule has 13 heavy (non-hydrogen) atoms. The van der Waals surface area contributed by atoms with Gasteiger partial charge in [0.05, 0.1) is 6.42 Å². The molecule has 0 aromatic rings. The molecule has 0 fully saturated rings. The van der Waals surface area contributed by atoms with Gasteiger partial charge in [0.25, 0.3) is 0 Å². The van der Waals surface area contributed by atoms with Gasteiger partial charge in [-0.2, -0.15) is 0 Å². The summed E-state index contributed by atoms with van der Waals surface area (Å²) in [5.41, 5.74) is 0. The van der Waals surface area contributed by atoms with E-state index < -0.39 is 5.97 Å². The van der Waals surface area contributed by atoms with Gasteiger partial charge in [0, 0.05) is 12.1 Å². The molecule has 0 aliphatic heterocycles. The van der Waals surface area contributed by atoms with Gasteiger partial charge in [-0.05, 0) is 13.8 Å². The normalized spacial score (nSPS) is 9.46. The van der Waals surface area contributed by atoms with Gasteiger partial charge < -0.3 is 10.1 Å². The van der Waals surface area contributed by atoms with Crippen molar-refractivity contribution in [3.63, 3.8) is 0 Å². The summed E-state index contributed by atoms with van der Waals surface area (Å²) in [6.07, 6.45) is 1.26. The zero-order valence-electron chi connectivity index (χ0n) is 8.00. The zero-order valence-corrected chi connectivity index (χ0v) is 8.00. The molecular weight excluding hydrogens is 170 g/mol. The topological polar surface area (TPSA) is 55.4 Å². The van der Waals surface area contributed by atoms with E-state index in [1.54, 1.807) is 0 Å². The molecule has 74 valence electrons. The van der Waals surface area contributed by atoms with Crippen LogP contribution < -0.4 is 5.32 Å². The second-order valence-electron chi connectivity index (χ2n) is 2.84. The highest BCUT2D eigenvalue weighted by molar-refractivity contribution is 5.81. The fraction of sp³-hybridized carbons (Fsp3) is 0.556. The molecule has 4 heteroatoms. The van der Waals surface area contributed by atoms with Crippen molar-refractivity contribution in [2.75, 3.05) is 6.61 Å². The minimum atomic E-state index is -0.502. The lowest BCUT2D eigenvalue weighted by Gasteiger charge is -2.07. The lowest BCUT2D eigenvalue weighted by Crippen LogP contribution is -2.30. The molecule has 0 aliphatic rings. The van der Waals surface area contributed by atoms with Gasteiger partial charge in [0.1, 0.15) is 6.61 Å². The minimum Gasteiger partial charge on any atom is -0.462 e. The molecule has 1 amide bonds. The van der Waals surface area contributed by atoms with E-state index in [1.165, 1.54) is 0 Å². The lowest BCUT2D eigenvalue weighted by molar-refractivity contribution is -0.138. The molecule has 0 atom stereocenters. The summed E-state index contributed by atoms with van der Waals surface area (Å²) in [6, 6.07) is 0.114. The summed E-state index contributed by atoms with van der Waals surface area (Å²) in [5, 5.41) is 2.68. The van der Waals surface area contributed by atoms with Crippen molar-refractivity contribution in [3.05, 3.63) is 12.7 Å². The fourth-order valence-electron chi connectivity index (χ4n) is 0.697. The third-order valence-electron chi connectivity index (χ3n) is 1.19. The average molecular weight is 185 g/mol. The Kier molecular flexibility index (Phi) is 5.59. The van der Waals surface area contributed by atoms with Crippen molar-refractivity contribution in [2.24, 2.45) is 0 Å². The highest BCUT2D eigenvalue weighted by Gasteiger charge is 2.03. The summed E-state index contributed by atoms with van der Waals surface area (Å²) in [5.74, 6) is -0.621. The van der Waals surface area contributed by atoms with Crippen molar-refractivity contribution in [3.8, 4) is 0 Å². The molecule has 0 saturated carbocycles. The number of hydrogen-bond acceptors (Lipinski definition) is 3. The summed E-state index contributed by atoms with van der Waals surface area (Å²) in [6.45, 7) is 7.07. The van der Waals surface area contributed by atoms with E-state index in [0.29, 0.717) is 0 Å². The smallest absolute Gasteiger partial charge is 0.330 e. The summed E-state index contributed by atoms with van der Waals surface area (Å²) < 4.78 is 4.63. The molecule has 4 nitrogen and oxygen atoms in total. The molecule has 0 bridgehead atoms. The molecule has 0 rings (SSSR count). The fourth-order valence-corrected chi connectivity index (χ4v) is 0.697. The molecule has 0 unspecified atom stereocenters. The van der Waals surface area contributed by atoms with E-state index >= 15 is 0 Å². The van der Waals surface area contributed by atoms with E-state index in [1.807, 2.05) is 13.8 Å². The third-order valence-corrected chi connectivity index (χ3v) is 1.19. The monoisotopic (exact) mass is 185 g/mol. The van der Waals surface area contributed by atoms with Crippen LogP contribution in [0.15, 0.2) is 12.7 Å². The van der Waals surface area contributed by atoms with Gasteiger partial charge in [-0.1, -0.05) is 6.58 Å². The zero-order chi connectivity index (χ0) is 10.3. The van der Waals surface area contributed by atoms with E-state index in [0.717, 1.165) is 6.08 Å². The predicted octanol–water partition coefficient (Wildman–Crippen LogP) is 0.630. The van der Waals surface area contributed by atoms with Crippen molar-refractivity contribution in [1.82, 2.24) is 5.32 Å². The predicted molar refractivity (Wildman–Crippen MR) is 49.1 cm³/mol. The van der Waals surface area contributed by atoms with Crippen LogP contribution >= 0.6 is 0 Å². The molecule has 0 saturated heterocycles. The molecule has 0 spiro atoms. The Morgan fingerprint density at radius 2 is 2.15 bits per heavy atom. The van der Waals surface area contributed by atoms with Crippen LogP contribution in [0.25, 0.3) is 0 Å². The third kappa shape index (κ3) is 7.05. The maximum Gasteiger partial charge on any atom is 0.330 e. The van der Waals surface area contributed by atoms with Crippen LogP contribution in [0.2, 0.25) is 0 Å². The number of carbonyl (C=O) groups is 2. The highest BCUT2D eigenvalue weighted by atomic mass is 16.5. The molecule has 0 aromatic heterocycles. The largest absolute Gasteiger partial charge is 0.462 e. The molecule has 0 aromatic carbocycles. The van der Waals surface area contributed by atoms with Gasteiger partial charge in [-0.15, -0.1) is 0 Å². The number of hydrogen-bond donors (Lipinski definition) is 1. The maximum atomic E-state index is 11.0. The molecule has 0 radical (unpaired) electrons. The van der Waals surface area contributed by atoms with E-state index in [4.69, 9.17) is 0 Å². The summed E-state index contributed by atoms with van der Waals surface area (Å²) in [7, 11) is 0. The highest BCUT2D eigenvalue weighted by Crippen LogP contribution is 1.87. The Morgan fingerprint density at radius 3 is 2.62 bits per heavy atom. The van der Waals surface area contributed by atoms with Gasteiger partial charge in [-0.3, -0.25) is 4.79 Å². The Bertz CT molecular complexity index is 199. The number of carbonyl (C=O) groups excluding carboxylic acids is 2. The van der Waals surface area contributed by atoms with Gasteiger partial charge in [0.2, 0.25) is 5.91 Å². The number of nitrogens with one attached hydrogen (secondary N) is 1. The Balaban J connectivity index is 3.48. The Morgan fingerprint density at radius 1 is 1.54 bits per heavy atom. The maximum absolute atomic E-state index is 11.0. The molecule has 0 heterocycles. The molecule has 1 N–H and O–H groups in total. The number of esters is 1. The van der Waals surface area contributed by atoms with Gasteiger partial charge in [0.15, 0.2) is 0 Å².